The Balaban J connectivity index is 2.23. The lowest BCUT2D eigenvalue weighted by Crippen LogP contribution is -2.06. The predicted molar refractivity (Wildman–Crippen MR) is 65.5 cm³/mol. The smallest absolute Gasteiger partial charge is 0.167 e. The zero-order chi connectivity index (χ0) is 14.0. The normalized spacial score (nSPS) is 10.5. The van der Waals surface area contributed by atoms with Gasteiger partial charge in [-0.3, -0.25) is 4.79 Å². The van der Waals surface area contributed by atoms with Crippen molar-refractivity contribution in [2.75, 3.05) is 0 Å². The molecule has 0 aromatic heterocycles. The minimum Gasteiger partial charge on any atom is -0.294 e. The Kier molecular flexibility index (Phi) is 3.69. The van der Waals surface area contributed by atoms with Crippen molar-refractivity contribution < 1.29 is 18.0 Å². The van der Waals surface area contributed by atoms with Crippen molar-refractivity contribution in [3.05, 3.63) is 70.5 Å². The van der Waals surface area contributed by atoms with Crippen molar-refractivity contribution in [2.45, 2.75) is 13.3 Å². The maximum absolute atomic E-state index is 13.0. The third-order valence-electron chi connectivity index (χ3n) is 2.90. The van der Waals surface area contributed by atoms with Gasteiger partial charge in [-0.1, -0.05) is 6.07 Å². The molecular weight excluding hydrogens is 253 g/mol. The molecule has 2 rings (SSSR count). The van der Waals surface area contributed by atoms with E-state index in [9.17, 15) is 18.0 Å². The molecule has 0 unspecified atom stereocenters. The zero-order valence-corrected chi connectivity index (χ0v) is 10.2. The third kappa shape index (κ3) is 3.02. The molecule has 0 saturated carbocycles. The van der Waals surface area contributed by atoms with Crippen LogP contribution < -0.4 is 0 Å². The summed E-state index contributed by atoms with van der Waals surface area (Å²) in [6.07, 6.45) is 0.0250. The molecule has 0 spiro atoms. The molecule has 2 aromatic rings. The van der Waals surface area contributed by atoms with Gasteiger partial charge >= 0.3 is 0 Å². The second-order valence-corrected chi connectivity index (χ2v) is 4.30. The molecule has 0 amide bonds. The van der Waals surface area contributed by atoms with E-state index in [2.05, 4.69) is 0 Å². The highest BCUT2D eigenvalue weighted by atomic mass is 19.2. The van der Waals surface area contributed by atoms with E-state index in [1.807, 2.05) is 0 Å². The van der Waals surface area contributed by atoms with Gasteiger partial charge in [-0.15, -0.1) is 0 Å². The van der Waals surface area contributed by atoms with Gasteiger partial charge in [0.15, 0.2) is 17.4 Å². The first-order chi connectivity index (χ1) is 8.97. The SMILES string of the molecule is Cc1cc(F)ccc1CC(=O)c1ccc(F)c(F)c1. The number of hydrogen-bond acceptors (Lipinski definition) is 1. The zero-order valence-electron chi connectivity index (χ0n) is 10.2. The van der Waals surface area contributed by atoms with E-state index in [1.54, 1.807) is 6.92 Å². The first-order valence-electron chi connectivity index (χ1n) is 5.70. The highest BCUT2D eigenvalue weighted by molar-refractivity contribution is 5.97. The minimum atomic E-state index is -1.05. The molecule has 2 aromatic carbocycles. The van der Waals surface area contributed by atoms with Crippen molar-refractivity contribution in [2.24, 2.45) is 0 Å². The average Bonchev–Trinajstić information content (AvgIpc) is 2.36. The molecule has 0 bridgehead atoms. The lowest BCUT2D eigenvalue weighted by molar-refractivity contribution is 0.0992. The van der Waals surface area contributed by atoms with E-state index >= 15 is 0 Å². The number of aryl methyl sites for hydroxylation is 1. The van der Waals surface area contributed by atoms with Crippen LogP contribution in [0.2, 0.25) is 0 Å². The summed E-state index contributed by atoms with van der Waals surface area (Å²) in [5.74, 6) is -2.76. The molecule has 0 heterocycles. The number of carbonyl (C=O) groups is 1. The molecule has 0 N–H and O–H groups in total. The van der Waals surface area contributed by atoms with Crippen molar-refractivity contribution in [3.8, 4) is 0 Å². The Morgan fingerprint density at radius 1 is 1.00 bits per heavy atom. The fraction of sp³-hybridized carbons (Fsp3) is 0.133. The summed E-state index contributed by atoms with van der Waals surface area (Å²) in [4.78, 5) is 11.9. The molecule has 0 atom stereocenters. The van der Waals surface area contributed by atoms with Gasteiger partial charge in [0.1, 0.15) is 5.82 Å². The Labute approximate surface area is 108 Å². The molecule has 0 saturated heterocycles. The molecule has 1 nitrogen and oxygen atoms in total. The van der Waals surface area contributed by atoms with Gasteiger partial charge in [0.05, 0.1) is 0 Å². The lowest BCUT2D eigenvalue weighted by Gasteiger charge is -2.06. The minimum absolute atomic E-state index is 0.0250. The van der Waals surface area contributed by atoms with Crippen LogP contribution in [0, 0.1) is 24.4 Å². The second kappa shape index (κ2) is 5.26. The topological polar surface area (TPSA) is 17.1 Å². The molecule has 0 aliphatic heterocycles. The van der Waals surface area contributed by atoms with Gasteiger partial charge in [-0.25, -0.2) is 13.2 Å². The Morgan fingerprint density at radius 3 is 2.37 bits per heavy atom. The van der Waals surface area contributed by atoms with Crippen molar-refractivity contribution in [1.82, 2.24) is 0 Å². The summed E-state index contributed by atoms with van der Waals surface area (Å²) in [6, 6.07) is 7.13. The number of halogens is 3. The Bertz CT molecular complexity index is 635. The molecule has 19 heavy (non-hydrogen) atoms. The Hall–Kier alpha value is -2.10. The summed E-state index contributed by atoms with van der Waals surface area (Å²) in [6.45, 7) is 1.69. The summed E-state index contributed by atoms with van der Waals surface area (Å²) in [5, 5.41) is 0. The summed E-state index contributed by atoms with van der Waals surface area (Å²) in [7, 11) is 0. The largest absolute Gasteiger partial charge is 0.294 e. The van der Waals surface area contributed by atoms with E-state index in [0.717, 1.165) is 12.1 Å². The first-order valence-corrected chi connectivity index (χ1v) is 5.70. The fourth-order valence-corrected chi connectivity index (χ4v) is 1.80. The number of benzene rings is 2. The van der Waals surface area contributed by atoms with Crippen LogP contribution in [0.3, 0.4) is 0 Å². The number of hydrogen-bond donors (Lipinski definition) is 0. The molecule has 0 fully saturated rings. The van der Waals surface area contributed by atoms with Crippen molar-refractivity contribution in [1.29, 1.82) is 0 Å². The molecule has 0 aliphatic carbocycles. The van der Waals surface area contributed by atoms with Gasteiger partial charge in [-0.2, -0.15) is 0 Å². The summed E-state index contributed by atoms with van der Waals surface area (Å²) < 4.78 is 38.7. The van der Waals surface area contributed by atoms with Gasteiger partial charge in [0.25, 0.3) is 0 Å². The standard InChI is InChI=1S/C15H11F3O/c1-9-6-12(16)4-2-10(9)8-15(19)11-3-5-13(17)14(18)7-11/h2-7H,8H2,1H3. The van der Waals surface area contributed by atoms with Crippen LogP contribution in [0.1, 0.15) is 21.5 Å². The first kappa shape index (κ1) is 13.3. The Morgan fingerprint density at radius 2 is 1.74 bits per heavy atom. The maximum atomic E-state index is 13.0. The number of rotatable bonds is 3. The third-order valence-corrected chi connectivity index (χ3v) is 2.90. The van der Waals surface area contributed by atoms with Crippen LogP contribution in [0.5, 0.6) is 0 Å². The van der Waals surface area contributed by atoms with Crippen LogP contribution in [0.25, 0.3) is 0 Å². The van der Waals surface area contributed by atoms with E-state index in [1.165, 1.54) is 24.3 Å². The summed E-state index contributed by atoms with van der Waals surface area (Å²) >= 11 is 0. The molecule has 0 radical (unpaired) electrons. The quantitative estimate of drug-likeness (QED) is 0.770. The van der Waals surface area contributed by atoms with Gasteiger partial charge in [0.2, 0.25) is 0 Å². The highest BCUT2D eigenvalue weighted by Crippen LogP contribution is 2.15. The molecule has 0 aliphatic rings. The van der Waals surface area contributed by atoms with Gasteiger partial charge in [-0.05, 0) is 48.4 Å². The molecular formula is C15H11F3O. The van der Waals surface area contributed by atoms with Crippen LogP contribution in [0.15, 0.2) is 36.4 Å². The number of carbonyl (C=O) groups excluding carboxylic acids is 1. The van der Waals surface area contributed by atoms with Gasteiger partial charge in [0, 0.05) is 12.0 Å². The summed E-state index contributed by atoms with van der Waals surface area (Å²) in [5.41, 5.74) is 1.41. The van der Waals surface area contributed by atoms with Crippen LogP contribution in [-0.2, 0) is 6.42 Å². The second-order valence-electron chi connectivity index (χ2n) is 4.30. The molecule has 4 heteroatoms. The number of ketones is 1. The van der Waals surface area contributed by atoms with E-state index < -0.39 is 11.6 Å². The van der Waals surface area contributed by atoms with E-state index in [0.29, 0.717) is 11.1 Å². The van der Waals surface area contributed by atoms with Gasteiger partial charge < -0.3 is 0 Å². The van der Waals surface area contributed by atoms with Crippen molar-refractivity contribution in [3.63, 3.8) is 0 Å². The average molecular weight is 264 g/mol. The van der Waals surface area contributed by atoms with E-state index in [4.69, 9.17) is 0 Å². The predicted octanol–water partition coefficient (Wildman–Crippen LogP) is 3.84. The maximum Gasteiger partial charge on any atom is 0.167 e. The van der Waals surface area contributed by atoms with Crippen LogP contribution in [-0.4, -0.2) is 5.78 Å². The molecule has 98 valence electrons. The van der Waals surface area contributed by atoms with Crippen molar-refractivity contribution >= 4 is 5.78 Å². The highest BCUT2D eigenvalue weighted by Gasteiger charge is 2.12. The lowest BCUT2D eigenvalue weighted by atomic mass is 9.99. The number of Topliss-reactive ketones (excluding diaryl/α,β-unsaturated/α-hetero) is 1. The van der Waals surface area contributed by atoms with E-state index in [-0.39, 0.29) is 23.6 Å². The monoisotopic (exact) mass is 264 g/mol. The fourth-order valence-electron chi connectivity index (χ4n) is 1.80. The van der Waals surface area contributed by atoms with Crippen LogP contribution >= 0.6 is 0 Å². The van der Waals surface area contributed by atoms with Crippen LogP contribution in [0.4, 0.5) is 13.2 Å².